The van der Waals surface area contributed by atoms with Gasteiger partial charge in [-0.2, -0.15) is 0 Å². The molecule has 0 fully saturated rings. The van der Waals surface area contributed by atoms with Gasteiger partial charge in [0.15, 0.2) is 0 Å². The molecule has 0 aliphatic heterocycles. The van der Waals surface area contributed by atoms with E-state index < -0.39 is 0 Å². The molecule has 2 unspecified atom stereocenters. The van der Waals surface area contributed by atoms with Crippen LogP contribution in [0.15, 0.2) is 120 Å². The van der Waals surface area contributed by atoms with Crippen LogP contribution in [0.1, 0.15) is 138 Å². The van der Waals surface area contributed by atoms with Gasteiger partial charge in [0.05, 0.1) is 0 Å². The van der Waals surface area contributed by atoms with Crippen LogP contribution in [0.4, 0.5) is 0 Å². The van der Waals surface area contributed by atoms with E-state index in [-0.39, 0.29) is 0 Å². The lowest BCUT2D eigenvalue weighted by Gasteiger charge is -2.23. The molecule has 1 nitrogen and oxygen atoms in total. The largest absolute Gasteiger partial charge is 0.381 e. The number of benzene rings is 4. The van der Waals surface area contributed by atoms with Crippen LogP contribution in [0.2, 0.25) is 0 Å². The third kappa shape index (κ3) is 11.2. The molecular weight excluding hydrogens is 617 g/mol. The Balaban J connectivity index is 0.771. The molecule has 268 valence electrons. The van der Waals surface area contributed by atoms with Crippen molar-refractivity contribution in [2.24, 2.45) is 0 Å². The van der Waals surface area contributed by atoms with E-state index in [9.17, 15) is 0 Å². The summed E-state index contributed by atoms with van der Waals surface area (Å²) in [5.74, 6) is 1.35. The van der Waals surface area contributed by atoms with Gasteiger partial charge in [-0.3, -0.25) is 0 Å². The monoisotopic (exact) mass is 678 g/mol. The standard InChI is InChI=1S/C50H62O/c1-3-39-13-21-43(22-14-39)47-29-33-49(34-30-47)45-25-17-41(18-26-45)11-7-5-9-37-51-38-10-6-8-12-42-19-27-46(28-20-42)50-35-31-48(32-36-50)44-23-15-40(4-2)16-24-44/h13-17,19,21-24,29-36,45-46H,3-12,18,20,25-28,37-38H2,1-2H3. The number of hydrogen-bond donors (Lipinski definition) is 0. The highest BCUT2D eigenvalue weighted by atomic mass is 16.5. The first-order chi connectivity index (χ1) is 25.2. The van der Waals surface area contributed by atoms with Crippen LogP contribution in [0.3, 0.4) is 0 Å². The maximum atomic E-state index is 6.01. The Morgan fingerprint density at radius 3 is 1.16 bits per heavy atom. The first-order valence-corrected chi connectivity index (χ1v) is 20.5. The SMILES string of the molecule is CCc1ccc(-c2ccc(C3CC=C(CCCCCOCCCCCC4=CCC(c5ccc(-c6ccc(CC)cc6)cc5)CC4)CC3)cc2)cc1. The third-order valence-electron chi connectivity index (χ3n) is 11.7. The smallest absolute Gasteiger partial charge is 0.0466 e. The molecule has 0 aromatic heterocycles. The predicted octanol–water partition coefficient (Wildman–Crippen LogP) is 14.4. The molecule has 2 aliphatic carbocycles. The van der Waals surface area contributed by atoms with E-state index in [1.54, 1.807) is 11.1 Å². The molecule has 4 aromatic rings. The normalized spacial score (nSPS) is 17.6. The lowest BCUT2D eigenvalue weighted by Crippen LogP contribution is -2.05. The Kier molecular flexibility index (Phi) is 14.4. The first-order valence-electron chi connectivity index (χ1n) is 20.5. The van der Waals surface area contributed by atoms with Crippen molar-refractivity contribution in [2.45, 2.75) is 128 Å². The summed E-state index contributed by atoms with van der Waals surface area (Å²) >= 11 is 0. The van der Waals surface area contributed by atoms with Gasteiger partial charge < -0.3 is 4.74 Å². The van der Waals surface area contributed by atoms with Gasteiger partial charge in [0.25, 0.3) is 0 Å². The minimum atomic E-state index is 0.675. The van der Waals surface area contributed by atoms with Crippen LogP contribution in [-0.2, 0) is 17.6 Å². The molecule has 0 heterocycles. The molecule has 51 heavy (non-hydrogen) atoms. The molecule has 0 saturated heterocycles. The van der Waals surface area contributed by atoms with Gasteiger partial charge in [0, 0.05) is 13.2 Å². The Hall–Kier alpha value is -3.68. The molecule has 0 N–H and O–H groups in total. The number of unbranched alkanes of at least 4 members (excludes halogenated alkanes) is 4. The third-order valence-corrected chi connectivity index (χ3v) is 11.7. The summed E-state index contributed by atoms with van der Waals surface area (Å²) in [5.41, 5.74) is 14.5. The number of ether oxygens (including phenoxy) is 1. The van der Waals surface area contributed by atoms with E-state index in [0.717, 1.165) is 26.1 Å². The Morgan fingerprint density at radius 2 is 0.824 bits per heavy atom. The molecule has 6 rings (SSSR count). The van der Waals surface area contributed by atoms with Crippen molar-refractivity contribution in [2.75, 3.05) is 13.2 Å². The van der Waals surface area contributed by atoms with E-state index >= 15 is 0 Å². The van der Waals surface area contributed by atoms with Gasteiger partial charge >= 0.3 is 0 Å². The summed E-state index contributed by atoms with van der Waals surface area (Å²) in [6.07, 6.45) is 24.9. The minimum absolute atomic E-state index is 0.675. The molecule has 0 bridgehead atoms. The quantitative estimate of drug-likeness (QED) is 0.0752. The van der Waals surface area contributed by atoms with Crippen molar-refractivity contribution in [3.8, 4) is 22.3 Å². The molecule has 0 radical (unpaired) electrons. The van der Waals surface area contributed by atoms with Crippen molar-refractivity contribution in [1.29, 1.82) is 0 Å². The average molecular weight is 679 g/mol. The summed E-state index contributed by atoms with van der Waals surface area (Å²) in [7, 11) is 0. The van der Waals surface area contributed by atoms with Gasteiger partial charge in [0.1, 0.15) is 0 Å². The minimum Gasteiger partial charge on any atom is -0.381 e. The van der Waals surface area contributed by atoms with Crippen molar-refractivity contribution < 1.29 is 4.74 Å². The number of rotatable bonds is 18. The maximum Gasteiger partial charge on any atom is 0.0466 e. The Labute approximate surface area is 310 Å². The first kappa shape index (κ1) is 37.1. The van der Waals surface area contributed by atoms with Crippen molar-refractivity contribution in [3.63, 3.8) is 0 Å². The van der Waals surface area contributed by atoms with Crippen LogP contribution in [-0.4, -0.2) is 13.2 Å². The van der Waals surface area contributed by atoms with Crippen LogP contribution in [0, 0.1) is 0 Å². The molecule has 0 spiro atoms. The van der Waals surface area contributed by atoms with Gasteiger partial charge in [-0.05, 0) is 146 Å². The predicted molar refractivity (Wildman–Crippen MR) is 220 cm³/mol. The van der Waals surface area contributed by atoms with E-state index in [1.165, 1.54) is 134 Å². The van der Waals surface area contributed by atoms with Gasteiger partial charge in [-0.15, -0.1) is 0 Å². The summed E-state index contributed by atoms with van der Waals surface area (Å²) in [4.78, 5) is 0. The fourth-order valence-corrected chi connectivity index (χ4v) is 8.17. The topological polar surface area (TPSA) is 9.23 Å². The van der Waals surface area contributed by atoms with Gasteiger partial charge in [0.2, 0.25) is 0 Å². The molecule has 4 aromatic carbocycles. The molecule has 1 heteroatoms. The van der Waals surface area contributed by atoms with Gasteiger partial charge in [-0.25, -0.2) is 0 Å². The number of hydrogen-bond acceptors (Lipinski definition) is 1. The summed E-state index contributed by atoms with van der Waals surface area (Å²) in [6.45, 7) is 6.28. The van der Waals surface area contributed by atoms with Crippen LogP contribution < -0.4 is 0 Å². The van der Waals surface area contributed by atoms with Crippen molar-refractivity contribution >= 4 is 0 Å². The van der Waals surface area contributed by atoms with Gasteiger partial charge in [-0.1, -0.05) is 147 Å². The summed E-state index contributed by atoms with van der Waals surface area (Å²) in [5, 5.41) is 0. The van der Waals surface area contributed by atoms with Crippen LogP contribution in [0.25, 0.3) is 22.3 Å². The highest BCUT2D eigenvalue weighted by Crippen LogP contribution is 2.36. The van der Waals surface area contributed by atoms with E-state index in [1.807, 2.05) is 0 Å². The Bertz CT molecular complexity index is 1530. The van der Waals surface area contributed by atoms with Crippen molar-refractivity contribution in [3.05, 3.63) is 143 Å². The Morgan fingerprint density at radius 1 is 0.451 bits per heavy atom. The maximum absolute atomic E-state index is 6.01. The highest BCUT2D eigenvalue weighted by Gasteiger charge is 2.17. The fraction of sp³-hybridized carbons (Fsp3) is 0.440. The van der Waals surface area contributed by atoms with E-state index in [2.05, 4.69) is 123 Å². The second-order valence-electron chi connectivity index (χ2n) is 15.2. The van der Waals surface area contributed by atoms with Crippen molar-refractivity contribution in [1.82, 2.24) is 0 Å². The molecule has 2 aliphatic rings. The fourth-order valence-electron chi connectivity index (χ4n) is 8.17. The van der Waals surface area contributed by atoms with Crippen LogP contribution in [0.5, 0.6) is 0 Å². The average Bonchev–Trinajstić information content (AvgIpc) is 3.20. The zero-order valence-electron chi connectivity index (χ0n) is 31.7. The number of allylic oxidation sites excluding steroid dienone is 4. The summed E-state index contributed by atoms with van der Waals surface area (Å²) < 4.78 is 6.01. The molecule has 0 amide bonds. The lowest BCUT2D eigenvalue weighted by atomic mass is 9.83. The lowest BCUT2D eigenvalue weighted by molar-refractivity contribution is 0.126. The summed E-state index contributed by atoms with van der Waals surface area (Å²) in [6, 6.07) is 36.8. The highest BCUT2D eigenvalue weighted by molar-refractivity contribution is 5.65. The van der Waals surface area contributed by atoms with Crippen LogP contribution >= 0.6 is 0 Å². The zero-order chi connectivity index (χ0) is 35.1. The molecule has 2 atom stereocenters. The second-order valence-corrected chi connectivity index (χ2v) is 15.2. The molecule has 0 saturated carbocycles. The zero-order valence-corrected chi connectivity index (χ0v) is 31.7. The molecular formula is C50H62O. The van der Waals surface area contributed by atoms with E-state index in [4.69, 9.17) is 4.74 Å². The van der Waals surface area contributed by atoms with E-state index in [0.29, 0.717) is 11.8 Å². The second kappa shape index (κ2) is 19.8. The number of aryl methyl sites for hydroxylation is 2.